The molecule has 0 bridgehead atoms. The van der Waals surface area contributed by atoms with Gasteiger partial charge in [0.05, 0.1) is 7.11 Å². The maximum Gasteiger partial charge on any atom is 0.252 e. The number of fused-ring (bicyclic) bond motifs is 1. The van der Waals surface area contributed by atoms with E-state index < -0.39 is 0 Å². The van der Waals surface area contributed by atoms with E-state index in [4.69, 9.17) is 4.74 Å². The molecule has 1 aliphatic heterocycles. The molecule has 1 N–H and O–H groups in total. The van der Waals surface area contributed by atoms with Gasteiger partial charge in [0.2, 0.25) is 0 Å². The summed E-state index contributed by atoms with van der Waals surface area (Å²) in [6.45, 7) is 0. The highest BCUT2D eigenvalue weighted by Crippen LogP contribution is 2.32. The van der Waals surface area contributed by atoms with Crippen LogP contribution in [0.1, 0.15) is 16.7 Å². The van der Waals surface area contributed by atoms with Crippen molar-refractivity contribution in [3.63, 3.8) is 0 Å². The summed E-state index contributed by atoms with van der Waals surface area (Å²) in [7, 11) is 1.70. The molecule has 29 heavy (non-hydrogen) atoms. The maximum atomic E-state index is 12.6. The van der Waals surface area contributed by atoms with E-state index in [0.717, 1.165) is 35.4 Å². The van der Waals surface area contributed by atoms with E-state index in [9.17, 15) is 4.79 Å². The fourth-order valence-electron chi connectivity index (χ4n) is 3.40. The number of hydrogen-bond donors (Lipinski definition) is 1. The van der Waals surface area contributed by atoms with Gasteiger partial charge in [-0.05, 0) is 59.9 Å². The van der Waals surface area contributed by atoms with Crippen molar-refractivity contribution < 1.29 is 9.53 Å². The van der Waals surface area contributed by atoms with Crippen LogP contribution in [0.2, 0.25) is 0 Å². The molecule has 3 nitrogen and oxygen atoms in total. The average Bonchev–Trinajstić information content (AvgIpc) is 2.78. The highest BCUT2D eigenvalue weighted by Gasteiger charge is 2.16. The molecule has 0 aliphatic carbocycles. The number of rotatable bonds is 6. The number of anilines is 1. The summed E-state index contributed by atoms with van der Waals surface area (Å²) in [5, 5.41) is 3.02. The van der Waals surface area contributed by atoms with Gasteiger partial charge in [-0.3, -0.25) is 4.79 Å². The first kappa shape index (κ1) is 19.3. The van der Waals surface area contributed by atoms with Gasteiger partial charge in [0.15, 0.2) is 0 Å². The smallest absolute Gasteiger partial charge is 0.252 e. The summed E-state index contributed by atoms with van der Waals surface area (Å²) in [5.74, 6) is 1.59. The monoisotopic (exact) mass is 401 g/mol. The van der Waals surface area contributed by atoms with E-state index in [2.05, 4.69) is 29.6 Å². The largest absolute Gasteiger partial charge is 0.496 e. The van der Waals surface area contributed by atoms with Gasteiger partial charge in [-0.25, -0.2) is 0 Å². The van der Waals surface area contributed by atoms with Gasteiger partial charge in [0, 0.05) is 21.9 Å². The molecular weight excluding hydrogens is 378 g/mol. The molecule has 1 aliphatic rings. The standard InChI is InChI=1S/C25H23NO2S/c1-28-23-8-4-2-6-19(23)13-10-18-11-14-22(15-12-18)26-25(27)21-16-20-7-3-5-9-24(20)29-17-21/h2-9,11-12,14-16H,10,13,17H2,1H3,(H,26,27). The van der Waals surface area contributed by atoms with Gasteiger partial charge in [-0.2, -0.15) is 0 Å². The number of hydrogen-bond acceptors (Lipinski definition) is 3. The summed E-state index contributed by atoms with van der Waals surface area (Å²) in [4.78, 5) is 13.9. The van der Waals surface area contributed by atoms with Crippen molar-refractivity contribution in [3.05, 3.63) is 95.1 Å². The van der Waals surface area contributed by atoms with Crippen LogP contribution in [0.5, 0.6) is 5.75 Å². The first-order valence-electron chi connectivity index (χ1n) is 9.67. The summed E-state index contributed by atoms with van der Waals surface area (Å²) in [6.07, 6.45) is 3.83. The first-order valence-corrected chi connectivity index (χ1v) is 10.7. The van der Waals surface area contributed by atoms with E-state index >= 15 is 0 Å². The van der Waals surface area contributed by atoms with Gasteiger partial charge >= 0.3 is 0 Å². The van der Waals surface area contributed by atoms with Crippen molar-refractivity contribution >= 4 is 29.4 Å². The third-order valence-corrected chi connectivity index (χ3v) is 6.15. The molecule has 0 atom stereocenters. The van der Waals surface area contributed by atoms with E-state index in [1.807, 2.05) is 54.6 Å². The Morgan fingerprint density at radius 1 is 0.966 bits per heavy atom. The third kappa shape index (κ3) is 4.72. The molecule has 0 spiro atoms. The van der Waals surface area contributed by atoms with Crippen molar-refractivity contribution in [2.24, 2.45) is 0 Å². The maximum absolute atomic E-state index is 12.6. The number of aryl methyl sites for hydroxylation is 2. The van der Waals surface area contributed by atoms with Gasteiger partial charge < -0.3 is 10.1 Å². The second-order valence-electron chi connectivity index (χ2n) is 6.96. The van der Waals surface area contributed by atoms with Crippen molar-refractivity contribution in [1.29, 1.82) is 0 Å². The topological polar surface area (TPSA) is 38.3 Å². The van der Waals surface area contributed by atoms with Crippen LogP contribution in [0.3, 0.4) is 0 Å². The molecule has 0 unspecified atom stereocenters. The van der Waals surface area contributed by atoms with Gasteiger partial charge in [-0.15, -0.1) is 11.8 Å². The van der Waals surface area contributed by atoms with Crippen LogP contribution in [0.15, 0.2) is 83.3 Å². The Morgan fingerprint density at radius 2 is 1.72 bits per heavy atom. The molecule has 4 heteroatoms. The molecule has 1 amide bonds. The molecule has 0 saturated carbocycles. The molecular formula is C25H23NO2S. The van der Waals surface area contributed by atoms with E-state index in [0.29, 0.717) is 5.75 Å². The minimum absolute atomic E-state index is 0.0335. The molecule has 146 valence electrons. The van der Waals surface area contributed by atoms with Crippen molar-refractivity contribution in [2.45, 2.75) is 17.7 Å². The SMILES string of the molecule is COc1ccccc1CCc1ccc(NC(=O)C2=Cc3ccccc3SC2)cc1. The van der Waals surface area contributed by atoms with E-state index in [1.54, 1.807) is 18.9 Å². The van der Waals surface area contributed by atoms with Gasteiger partial charge in [0.25, 0.3) is 5.91 Å². The zero-order valence-electron chi connectivity index (χ0n) is 16.4. The highest BCUT2D eigenvalue weighted by molar-refractivity contribution is 7.99. The lowest BCUT2D eigenvalue weighted by atomic mass is 10.0. The third-order valence-electron chi connectivity index (χ3n) is 5.01. The number of ether oxygens (including phenoxy) is 1. The van der Waals surface area contributed by atoms with Crippen molar-refractivity contribution in [3.8, 4) is 5.75 Å². The molecule has 0 radical (unpaired) electrons. The fourth-order valence-corrected chi connectivity index (χ4v) is 4.40. The normalized spacial score (nSPS) is 12.7. The summed E-state index contributed by atoms with van der Waals surface area (Å²) in [5.41, 5.74) is 5.17. The van der Waals surface area contributed by atoms with Crippen LogP contribution in [0, 0.1) is 0 Å². The Balaban J connectivity index is 1.37. The number of amides is 1. The quantitative estimate of drug-likeness (QED) is 0.584. The Hall–Kier alpha value is -2.98. The summed E-state index contributed by atoms with van der Waals surface area (Å²) >= 11 is 1.71. The number of carbonyl (C=O) groups excluding carboxylic acids is 1. The molecule has 1 heterocycles. The second kappa shape index (κ2) is 9.01. The summed E-state index contributed by atoms with van der Waals surface area (Å²) < 4.78 is 5.42. The number of para-hydroxylation sites is 1. The van der Waals surface area contributed by atoms with Crippen LogP contribution in [-0.2, 0) is 17.6 Å². The Morgan fingerprint density at radius 3 is 2.55 bits per heavy atom. The minimum Gasteiger partial charge on any atom is -0.496 e. The van der Waals surface area contributed by atoms with Crippen molar-refractivity contribution in [2.75, 3.05) is 18.2 Å². The van der Waals surface area contributed by atoms with E-state index in [-0.39, 0.29) is 5.91 Å². The molecule has 3 aromatic carbocycles. The van der Waals surface area contributed by atoms with Crippen LogP contribution in [0.4, 0.5) is 5.69 Å². The van der Waals surface area contributed by atoms with Crippen molar-refractivity contribution in [1.82, 2.24) is 0 Å². The number of methoxy groups -OCH3 is 1. The zero-order valence-corrected chi connectivity index (χ0v) is 17.2. The lowest BCUT2D eigenvalue weighted by Gasteiger charge is -2.15. The van der Waals surface area contributed by atoms with Crippen LogP contribution in [0.25, 0.3) is 6.08 Å². The lowest BCUT2D eigenvalue weighted by Crippen LogP contribution is -2.17. The number of nitrogens with one attached hydrogen (secondary N) is 1. The summed E-state index contributed by atoms with van der Waals surface area (Å²) in [6, 6.07) is 24.4. The molecule has 0 saturated heterocycles. The van der Waals surface area contributed by atoms with Crippen LogP contribution >= 0.6 is 11.8 Å². The Bertz CT molecular complexity index is 1040. The van der Waals surface area contributed by atoms with Crippen LogP contribution in [-0.4, -0.2) is 18.8 Å². The predicted octanol–water partition coefficient (Wildman–Crippen LogP) is 5.61. The fraction of sp³-hybridized carbons (Fsp3) is 0.160. The molecule has 0 fully saturated rings. The highest BCUT2D eigenvalue weighted by atomic mass is 32.2. The second-order valence-corrected chi connectivity index (χ2v) is 7.98. The molecule has 3 aromatic rings. The Labute approximate surface area is 175 Å². The van der Waals surface area contributed by atoms with E-state index in [1.165, 1.54) is 16.0 Å². The lowest BCUT2D eigenvalue weighted by molar-refractivity contribution is -0.112. The number of carbonyl (C=O) groups is 1. The average molecular weight is 402 g/mol. The number of benzene rings is 3. The Kier molecular flexibility index (Phi) is 6.01. The van der Waals surface area contributed by atoms with Gasteiger partial charge in [0.1, 0.15) is 5.75 Å². The molecule has 0 aromatic heterocycles. The first-order chi connectivity index (χ1) is 14.2. The zero-order chi connectivity index (χ0) is 20.1. The predicted molar refractivity (Wildman–Crippen MR) is 121 cm³/mol. The minimum atomic E-state index is -0.0335. The molecule has 4 rings (SSSR count). The number of thioether (sulfide) groups is 1. The van der Waals surface area contributed by atoms with Gasteiger partial charge in [-0.1, -0.05) is 48.5 Å². The van der Waals surface area contributed by atoms with Crippen LogP contribution < -0.4 is 10.1 Å².